The summed E-state index contributed by atoms with van der Waals surface area (Å²) in [6.45, 7) is 0.394. The maximum Gasteiger partial charge on any atom is 0.416 e. The number of hydrogen-bond acceptors (Lipinski definition) is 4. The van der Waals surface area contributed by atoms with E-state index in [0.717, 1.165) is 23.3 Å². The Kier molecular flexibility index (Phi) is 5.05. The molecule has 1 saturated carbocycles. The number of rotatable bonds is 5. The van der Waals surface area contributed by atoms with Gasteiger partial charge in [0, 0.05) is 12.2 Å². The van der Waals surface area contributed by atoms with E-state index in [1.165, 1.54) is 0 Å². The molecule has 0 spiro atoms. The van der Waals surface area contributed by atoms with Gasteiger partial charge in [-0.3, -0.25) is 4.79 Å². The van der Waals surface area contributed by atoms with Gasteiger partial charge < -0.3 is 20.5 Å². The smallest absolute Gasteiger partial charge is 0.416 e. The van der Waals surface area contributed by atoms with Crippen molar-refractivity contribution in [3.63, 3.8) is 0 Å². The van der Waals surface area contributed by atoms with Crippen LogP contribution in [0.2, 0.25) is 0 Å². The van der Waals surface area contributed by atoms with Crippen LogP contribution in [0.3, 0.4) is 0 Å². The Balaban J connectivity index is 1.48. The van der Waals surface area contributed by atoms with Crippen LogP contribution >= 0.6 is 0 Å². The molecule has 2 aliphatic rings. The van der Waals surface area contributed by atoms with Gasteiger partial charge in [0.05, 0.1) is 11.0 Å². The Labute approximate surface area is 188 Å². The first-order valence-electron chi connectivity index (χ1n) is 10.5. The maximum atomic E-state index is 13.6. The monoisotopic (exact) mass is 454 g/mol. The third kappa shape index (κ3) is 4.02. The Morgan fingerprint density at radius 2 is 1.76 bits per heavy atom. The molecule has 1 aliphatic heterocycles. The largest absolute Gasteiger partial charge is 0.454 e. The van der Waals surface area contributed by atoms with Crippen LogP contribution in [0.1, 0.15) is 29.5 Å². The van der Waals surface area contributed by atoms with Crippen molar-refractivity contribution in [3.8, 4) is 22.6 Å². The highest BCUT2D eigenvalue weighted by Gasteiger charge is 2.51. The fourth-order valence-electron chi connectivity index (χ4n) is 4.12. The van der Waals surface area contributed by atoms with Crippen molar-refractivity contribution in [2.75, 3.05) is 12.1 Å². The molecule has 1 fully saturated rings. The van der Waals surface area contributed by atoms with Gasteiger partial charge in [0.25, 0.3) is 0 Å². The van der Waals surface area contributed by atoms with Gasteiger partial charge >= 0.3 is 6.18 Å². The normalized spacial score (nSPS) is 15.9. The lowest BCUT2D eigenvalue weighted by atomic mass is 9.94. The molecule has 3 aromatic rings. The molecular weight excluding hydrogens is 433 g/mol. The van der Waals surface area contributed by atoms with Crippen molar-refractivity contribution in [3.05, 3.63) is 77.4 Å². The van der Waals surface area contributed by atoms with Gasteiger partial charge in [-0.05, 0) is 71.5 Å². The second kappa shape index (κ2) is 7.81. The molecule has 0 aromatic heterocycles. The molecule has 170 valence electrons. The van der Waals surface area contributed by atoms with Crippen molar-refractivity contribution in [2.24, 2.45) is 5.73 Å². The number of hydrogen-bond donors (Lipinski definition) is 2. The summed E-state index contributed by atoms with van der Waals surface area (Å²) in [6.07, 6.45) is -3.36. The van der Waals surface area contributed by atoms with E-state index in [4.69, 9.17) is 15.2 Å². The number of fused-ring (bicyclic) bond motifs is 1. The van der Waals surface area contributed by atoms with Crippen LogP contribution < -0.4 is 20.5 Å². The molecule has 1 aliphatic carbocycles. The first-order valence-corrected chi connectivity index (χ1v) is 10.5. The van der Waals surface area contributed by atoms with Gasteiger partial charge in [-0.25, -0.2) is 0 Å². The van der Waals surface area contributed by atoms with Gasteiger partial charge in [-0.2, -0.15) is 13.2 Å². The van der Waals surface area contributed by atoms with E-state index in [2.05, 4.69) is 5.32 Å². The van der Waals surface area contributed by atoms with Gasteiger partial charge in [0.1, 0.15) is 0 Å². The number of alkyl halides is 3. The van der Waals surface area contributed by atoms with Crippen molar-refractivity contribution >= 4 is 11.6 Å². The first-order chi connectivity index (χ1) is 15.8. The molecule has 1 heterocycles. The van der Waals surface area contributed by atoms with Crippen LogP contribution in [0.4, 0.5) is 18.9 Å². The summed E-state index contributed by atoms with van der Waals surface area (Å²) >= 11 is 0. The lowest BCUT2D eigenvalue weighted by Gasteiger charge is -2.18. The number of halogens is 3. The van der Waals surface area contributed by atoms with Crippen LogP contribution in [0.25, 0.3) is 11.1 Å². The molecule has 5 nitrogen and oxygen atoms in total. The van der Waals surface area contributed by atoms with E-state index >= 15 is 0 Å². The van der Waals surface area contributed by atoms with Crippen molar-refractivity contribution in [2.45, 2.75) is 31.0 Å². The highest BCUT2D eigenvalue weighted by atomic mass is 19.4. The Morgan fingerprint density at radius 1 is 0.970 bits per heavy atom. The third-order valence-corrected chi connectivity index (χ3v) is 6.12. The molecule has 33 heavy (non-hydrogen) atoms. The van der Waals surface area contributed by atoms with E-state index in [1.54, 1.807) is 42.5 Å². The second-order valence-corrected chi connectivity index (χ2v) is 8.31. The first kappa shape index (κ1) is 21.3. The summed E-state index contributed by atoms with van der Waals surface area (Å²) in [6, 6.07) is 15.9. The Hall–Kier alpha value is -3.52. The van der Waals surface area contributed by atoms with Gasteiger partial charge in [-0.15, -0.1) is 0 Å². The van der Waals surface area contributed by atoms with E-state index in [0.29, 0.717) is 35.5 Å². The van der Waals surface area contributed by atoms with E-state index in [9.17, 15) is 18.0 Å². The second-order valence-electron chi connectivity index (χ2n) is 8.31. The highest BCUT2D eigenvalue weighted by Crippen LogP contribution is 2.51. The van der Waals surface area contributed by atoms with Crippen molar-refractivity contribution in [1.29, 1.82) is 0 Å². The molecule has 0 saturated heterocycles. The number of nitrogens with two attached hydrogens (primary N) is 1. The van der Waals surface area contributed by atoms with E-state index < -0.39 is 17.2 Å². The van der Waals surface area contributed by atoms with Crippen molar-refractivity contribution < 1.29 is 27.4 Å². The number of nitrogens with one attached hydrogen (secondary N) is 1. The fourth-order valence-corrected chi connectivity index (χ4v) is 4.12. The molecule has 0 unspecified atom stereocenters. The average Bonchev–Trinajstić information content (AvgIpc) is 3.49. The summed E-state index contributed by atoms with van der Waals surface area (Å²) in [5.74, 6) is 0.826. The zero-order chi connectivity index (χ0) is 23.2. The number of benzene rings is 3. The highest BCUT2D eigenvalue weighted by molar-refractivity contribution is 6.02. The van der Waals surface area contributed by atoms with Crippen LogP contribution in [-0.4, -0.2) is 12.7 Å². The number of carbonyl (C=O) groups is 1. The molecule has 8 heteroatoms. The standard InChI is InChI=1S/C25H21F3N2O3/c26-25(27,28)19-9-17(16-3-1-2-15(8-16)13-29)10-20(11-19)30-23(31)24(6-7-24)18-4-5-21-22(12-18)33-14-32-21/h1-5,8-12H,6-7,13-14,29H2,(H,30,31). The van der Waals surface area contributed by atoms with E-state index in [-0.39, 0.29) is 24.9 Å². The molecule has 1 amide bonds. The minimum absolute atomic E-state index is 0.0926. The number of ether oxygens (including phenoxy) is 2. The molecule has 3 aromatic carbocycles. The lowest BCUT2D eigenvalue weighted by molar-refractivity contribution is -0.137. The van der Waals surface area contributed by atoms with Crippen LogP contribution in [0, 0.1) is 0 Å². The zero-order valence-corrected chi connectivity index (χ0v) is 17.5. The van der Waals surface area contributed by atoms with Crippen LogP contribution in [0.15, 0.2) is 60.7 Å². The number of amides is 1. The summed E-state index contributed by atoms with van der Waals surface area (Å²) in [7, 11) is 0. The zero-order valence-electron chi connectivity index (χ0n) is 17.5. The Morgan fingerprint density at radius 3 is 2.48 bits per heavy atom. The molecule has 0 radical (unpaired) electrons. The molecular formula is C25H21F3N2O3. The number of anilines is 1. The third-order valence-electron chi connectivity index (χ3n) is 6.12. The van der Waals surface area contributed by atoms with Crippen LogP contribution in [0.5, 0.6) is 11.5 Å². The van der Waals surface area contributed by atoms with Crippen molar-refractivity contribution in [1.82, 2.24) is 0 Å². The molecule has 0 bridgehead atoms. The minimum atomic E-state index is -4.56. The summed E-state index contributed by atoms with van der Waals surface area (Å²) < 4.78 is 51.6. The Bertz CT molecular complexity index is 1240. The average molecular weight is 454 g/mol. The quantitative estimate of drug-likeness (QED) is 0.554. The summed E-state index contributed by atoms with van der Waals surface area (Å²) in [4.78, 5) is 13.2. The lowest BCUT2D eigenvalue weighted by Crippen LogP contribution is -2.28. The van der Waals surface area contributed by atoms with Gasteiger partial charge in [-0.1, -0.05) is 24.3 Å². The van der Waals surface area contributed by atoms with Gasteiger partial charge in [0.2, 0.25) is 12.7 Å². The molecule has 5 rings (SSSR count). The van der Waals surface area contributed by atoms with Gasteiger partial charge in [0.15, 0.2) is 11.5 Å². The predicted molar refractivity (Wildman–Crippen MR) is 117 cm³/mol. The summed E-state index contributed by atoms with van der Waals surface area (Å²) in [5, 5.41) is 2.73. The van der Waals surface area contributed by atoms with E-state index in [1.807, 2.05) is 6.07 Å². The topological polar surface area (TPSA) is 73.6 Å². The fraction of sp³-hybridized carbons (Fsp3) is 0.240. The van der Waals surface area contributed by atoms with Crippen LogP contribution in [-0.2, 0) is 22.9 Å². The number of carbonyl (C=O) groups excluding carboxylic acids is 1. The predicted octanol–water partition coefficient (Wildman–Crippen LogP) is 5.23. The summed E-state index contributed by atoms with van der Waals surface area (Å²) in [5.41, 5.74) is 6.65. The molecule has 0 atom stereocenters. The SMILES string of the molecule is NCc1cccc(-c2cc(NC(=O)C3(c4ccc5c(c4)OCO5)CC3)cc(C(F)(F)F)c2)c1. The maximum absolute atomic E-state index is 13.6. The minimum Gasteiger partial charge on any atom is -0.454 e. The molecule has 3 N–H and O–H groups in total.